The van der Waals surface area contributed by atoms with Gasteiger partial charge in [0.2, 0.25) is 0 Å². The number of amidine groups is 1. The lowest BCUT2D eigenvalue weighted by atomic mass is 9.74. The first-order valence-corrected chi connectivity index (χ1v) is 18.8. The van der Waals surface area contributed by atoms with Gasteiger partial charge in [-0.3, -0.25) is 14.9 Å². The van der Waals surface area contributed by atoms with E-state index in [9.17, 15) is 14.6 Å². The van der Waals surface area contributed by atoms with Gasteiger partial charge in [0.25, 0.3) is 0 Å². The summed E-state index contributed by atoms with van der Waals surface area (Å²) in [5.41, 5.74) is -0.0365. The molecule has 2 saturated carbocycles. The van der Waals surface area contributed by atoms with E-state index in [2.05, 4.69) is 37.8 Å². The van der Waals surface area contributed by atoms with Crippen LogP contribution in [0.2, 0.25) is 0 Å². The molecule has 10 nitrogen and oxygen atoms in total. The number of hydrogen-bond acceptors (Lipinski definition) is 9. The third-order valence-electron chi connectivity index (χ3n) is 11.7. The SMILES string of the molecule is C#Cc1c(F)ccc2cc(O)cc(-c3ncc(C(N=C)=NCCO)c(NCOCC45CCCC4N(C4COC6(COC6)C4)CCC5)c3F)c12.C1CCC1. The lowest BCUT2D eigenvalue weighted by Gasteiger charge is -2.49. The van der Waals surface area contributed by atoms with Gasteiger partial charge in [-0.1, -0.05) is 44.1 Å². The van der Waals surface area contributed by atoms with Crippen LogP contribution in [0, 0.1) is 29.4 Å². The molecule has 4 heterocycles. The highest BCUT2D eigenvalue weighted by atomic mass is 19.1. The standard InChI is InChI=1S/C37H41F2N5O5.C4H8/c1-3-26-29(38)8-7-23-14-25(46)15-27(31(23)26)33-32(39)34(28(17-42-33)35(40-2)41-11-13-45)43-22-48-19-36-9-4-6-30(36)44(12-5-10-36)24-16-37(49-18-24)20-47-21-37;1-2-4-3-1/h1,7-8,14-15,17,24,30,45-46H,2,4-6,9-13,16,18-22H2,(H,42,43);1-4H2. The van der Waals surface area contributed by atoms with Gasteiger partial charge < -0.3 is 29.7 Å². The molecule has 282 valence electrons. The highest BCUT2D eigenvalue weighted by Gasteiger charge is 2.54. The molecule has 3 aliphatic heterocycles. The summed E-state index contributed by atoms with van der Waals surface area (Å²) in [6.07, 6.45) is 19.5. The predicted octanol–water partition coefficient (Wildman–Crippen LogP) is 6.45. The summed E-state index contributed by atoms with van der Waals surface area (Å²) in [7, 11) is 0. The number of halogens is 2. The summed E-state index contributed by atoms with van der Waals surface area (Å²) in [4.78, 5) is 15.3. The molecule has 3 aromatic rings. The first kappa shape index (κ1) is 37.3. The molecule has 5 aliphatic rings. The molecule has 2 aromatic carbocycles. The second-order valence-corrected chi connectivity index (χ2v) is 15.0. The Morgan fingerprint density at radius 2 is 1.94 bits per heavy atom. The largest absolute Gasteiger partial charge is 0.508 e. The zero-order valence-electron chi connectivity index (χ0n) is 30.2. The summed E-state index contributed by atoms with van der Waals surface area (Å²) in [6, 6.07) is 6.18. The normalized spacial score (nSPS) is 24.8. The Morgan fingerprint density at radius 3 is 2.62 bits per heavy atom. The van der Waals surface area contributed by atoms with Gasteiger partial charge in [-0.25, -0.2) is 13.8 Å². The molecule has 0 radical (unpaired) electrons. The molecule has 12 heteroatoms. The monoisotopic (exact) mass is 729 g/mol. The topological polar surface area (TPSA) is 121 Å². The molecule has 1 spiro atoms. The van der Waals surface area contributed by atoms with E-state index >= 15 is 4.39 Å². The summed E-state index contributed by atoms with van der Waals surface area (Å²) in [6.45, 7) is 6.98. The van der Waals surface area contributed by atoms with Crippen LogP contribution in [0.1, 0.15) is 75.3 Å². The zero-order chi connectivity index (χ0) is 37.0. The summed E-state index contributed by atoms with van der Waals surface area (Å²) >= 11 is 0. The quantitative estimate of drug-likeness (QED) is 0.0717. The number of aromatic nitrogens is 1. The number of benzene rings is 2. The Balaban J connectivity index is 0.00000102. The number of aliphatic imine (C=N–C) groups is 2. The Bertz CT molecular complexity index is 1890. The van der Waals surface area contributed by atoms with Crippen molar-refractivity contribution in [3.63, 3.8) is 0 Å². The van der Waals surface area contributed by atoms with Crippen molar-refractivity contribution in [3.05, 3.63) is 53.2 Å². The molecule has 53 heavy (non-hydrogen) atoms. The van der Waals surface area contributed by atoms with Crippen LogP contribution in [0.5, 0.6) is 5.75 Å². The summed E-state index contributed by atoms with van der Waals surface area (Å²) in [5, 5.41) is 23.7. The van der Waals surface area contributed by atoms with Crippen LogP contribution in [0.25, 0.3) is 22.0 Å². The maximum atomic E-state index is 16.7. The number of nitrogens with one attached hydrogen (secondary N) is 1. The first-order valence-electron chi connectivity index (χ1n) is 18.8. The molecule has 3 atom stereocenters. The van der Waals surface area contributed by atoms with Gasteiger partial charge in [0.1, 0.15) is 29.6 Å². The van der Waals surface area contributed by atoms with Gasteiger partial charge in [0, 0.05) is 34.6 Å². The Labute approximate surface area is 309 Å². The van der Waals surface area contributed by atoms with Crippen molar-refractivity contribution in [3.8, 4) is 29.4 Å². The molecular formula is C41H49F2N5O5. The average Bonchev–Trinajstić information content (AvgIpc) is 3.77. The van der Waals surface area contributed by atoms with Crippen molar-refractivity contribution in [1.29, 1.82) is 0 Å². The number of nitrogens with zero attached hydrogens (tertiary/aromatic N) is 4. The van der Waals surface area contributed by atoms with Gasteiger partial charge in [-0.05, 0) is 69.0 Å². The van der Waals surface area contributed by atoms with E-state index in [1.165, 1.54) is 56.1 Å². The van der Waals surface area contributed by atoms with Gasteiger partial charge >= 0.3 is 0 Å². The van der Waals surface area contributed by atoms with Crippen molar-refractivity contribution >= 4 is 29.0 Å². The van der Waals surface area contributed by atoms with Crippen molar-refractivity contribution in [1.82, 2.24) is 9.88 Å². The average molecular weight is 730 g/mol. The molecule has 1 aromatic heterocycles. The maximum Gasteiger partial charge on any atom is 0.173 e. The van der Waals surface area contributed by atoms with Crippen molar-refractivity contribution < 1.29 is 33.2 Å². The van der Waals surface area contributed by atoms with Crippen LogP contribution in [-0.4, -0.2) is 103 Å². The number of fused-ring (bicyclic) bond motifs is 2. The fourth-order valence-electron chi connectivity index (χ4n) is 8.71. The minimum absolute atomic E-state index is 0.00824. The molecule has 8 rings (SSSR count). The molecular weight excluding hydrogens is 680 g/mol. The molecule has 0 bridgehead atoms. The highest BCUT2D eigenvalue weighted by molar-refractivity contribution is 6.07. The molecule has 2 aliphatic carbocycles. The number of rotatable bonds is 10. The van der Waals surface area contributed by atoms with Crippen molar-refractivity contribution in [2.24, 2.45) is 15.4 Å². The van der Waals surface area contributed by atoms with Crippen molar-refractivity contribution in [2.75, 3.05) is 58.2 Å². The number of anilines is 1. The third-order valence-corrected chi connectivity index (χ3v) is 11.7. The van der Waals surface area contributed by atoms with Crippen LogP contribution < -0.4 is 5.32 Å². The van der Waals surface area contributed by atoms with E-state index in [0.29, 0.717) is 37.3 Å². The van der Waals surface area contributed by atoms with Gasteiger partial charge in [-0.15, -0.1) is 6.42 Å². The van der Waals surface area contributed by atoms with E-state index in [1.807, 2.05) is 0 Å². The minimum atomic E-state index is -0.795. The van der Waals surface area contributed by atoms with Crippen LogP contribution >= 0.6 is 0 Å². The number of terminal acetylenes is 1. The highest BCUT2D eigenvalue weighted by Crippen LogP contribution is 2.50. The van der Waals surface area contributed by atoms with Crippen LogP contribution in [-0.2, 0) is 14.2 Å². The fourth-order valence-corrected chi connectivity index (χ4v) is 8.71. The number of aromatic hydroxyl groups is 1. The van der Waals surface area contributed by atoms with Crippen LogP contribution in [0.4, 0.5) is 14.5 Å². The van der Waals surface area contributed by atoms with E-state index < -0.39 is 11.6 Å². The van der Waals surface area contributed by atoms with E-state index in [0.717, 1.165) is 51.7 Å². The van der Waals surface area contributed by atoms with Gasteiger partial charge in [0.05, 0.1) is 56.4 Å². The summed E-state index contributed by atoms with van der Waals surface area (Å²) < 4.78 is 49.6. The lowest BCUT2D eigenvalue weighted by Crippen LogP contribution is -2.56. The third kappa shape index (κ3) is 7.42. The van der Waals surface area contributed by atoms with E-state index in [1.54, 1.807) is 0 Å². The summed E-state index contributed by atoms with van der Waals surface area (Å²) in [5.74, 6) is 0.834. The molecule has 3 N–H and O–H groups in total. The number of hydrogen-bond donors (Lipinski definition) is 3. The number of likely N-dealkylation sites (tertiary alicyclic amines) is 1. The first-order chi connectivity index (χ1) is 25.8. The number of pyridine rings is 1. The maximum absolute atomic E-state index is 16.7. The molecule has 3 saturated heterocycles. The van der Waals surface area contributed by atoms with E-state index in [-0.39, 0.29) is 75.9 Å². The van der Waals surface area contributed by atoms with E-state index in [4.69, 9.17) is 20.6 Å². The Morgan fingerprint density at radius 1 is 1.15 bits per heavy atom. The van der Waals surface area contributed by atoms with Gasteiger partial charge in [-0.2, -0.15) is 0 Å². The molecule has 0 amide bonds. The number of aliphatic hydroxyl groups excluding tert-OH is 1. The Hall–Kier alpha value is -3.99. The van der Waals surface area contributed by atoms with Crippen LogP contribution in [0.3, 0.4) is 0 Å². The number of ether oxygens (including phenoxy) is 3. The number of aliphatic hydroxyl groups is 1. The predicted molar refractivity (Wildman–Crippen MR) is 202 cm³/mol. The van der Waals surface area contributed by atoms with Crippen molar-refractivity contribution in [2.45, 2.75) is 81.9 Å². The number of phenolic OH excluding ortho intramolecular Hbond substituents is 1. The second kappa shape index (κ2) is 16.2. The Kier molecular flexibility index (Phi) is 11.4. The molecule has 5 fully saturated rings. The molecule has 3 unspecified atom stereocenters. The second-order valence-electron chi connectivity index (χ2n) is 15.0. The smallest absolute Gasteiger partial charge is 0.173 e. The van der Waals surface area contributed by atoms with Crippen LogP contribution in [0.15, 0.2) is 40.4 Å². The fraction of sp³-hybridized carbons (Fsp3) is 0.537. The zero-order valence-corrected chi connectivity index (χ0v) is 30.2. The van der Waals surface area contributed by atoms with Gasteiger partial charge in [0.15, 0.2) is 11.7 Å². The number of phenols is 1. The lowest BCUT2D eigenvalue weighted by molar-refractivity contribution is -0.184. The number of piperidine rings is 1. The minimum Gasteiger partial charge on any atom is -0.508 e.